The molecule has 0 aliphatic carbocycles. The number of halogens is 3. The molecule has 2 amide bonds. The van der Waals surface area contributed by atoms with Crippen LogP contribution in [-0.2, 0) is 22.7 Å². The first-order valence-corrected chi connectivity index (χ1v) is 8.73. The summed E-state index contributed by atoms with van der Waals surface area (Å²) in [6.07, 6.45) is 4.17. The van der Waals surface area contributed by atoms with Gasteiger partial charge in [-0.1, -0.05) is 12.1 Å². The summed E-state index contributed by atoms with van der Waals surface area (Å²) in [7, 11) is 0. The number of nitrogens with zero attached hydrogens (tertiary/aromatic N) is 2. The lowest BCUT2D eigenvalue weighted by molar-refractivity contribution is -0.135. The van der Waals surface area contributed by atoms with Crippen molar-refractivity contribution in [3.63, 3.8) is 0 Å². The fourth-order valence-corrected chi connectivity index (χ4v) is 3.09. The van der Waals surface area contributed by atoms with Gasteiger partial charge < -0.3 is 16.0 Å². The van der Waals surface area contributed by atoms with Crippen molar-refractivity contribution in [3.05, 3.63) is 60.2 Å². The van der Waals surface area contributed by atoms with Crippen LogP contribution in [-0.4, -0.2) is 34.9 Å². The highest BCUT2D eigenvalue weighted by Crippen LogP contribution is 2.30. The van der Waals surface area contributed by atoms with E-state index in [9.17, 15) is 9.59 Å². The molecule has 0 bridgehead atoms. The molecule has 1 aliphatic rings. The largest absolute Gasteiger partial charge is 0.350 e. The number of amides is 2. The fraction of sp³-hybridized carbons (Fsp3) is 0.368. The van der Waals surface area contributed by atoms with Crippen molar-refractivity contribution in [3.8, 4) is 0 Å². The van der Waals surface area contributed by atoms with E-state index >= 15 is 0 Å². The van der Waals surface area contributed by atoms with E-state index in [4.69, 9.17) is 0 Å². The molecular formula is C19H26Cl3N5O2. The highest BCUT2D eigenvalue weighted by molar-refractivity contribution is 5.89. The van der Waals surface area contributed by atoms with E-state index in [1.54, 1.807) is 12.4 Å². The maximum atomic E-state index is 12.8. The van der Waals surface area contributed by atoms with E-state index < -0.39 is 5.41 Å². The summed E-state index contributed by atoms with van der Waals surface area (Å²) in [6, 6.07) is 11.1. The van der Waals surface area contributed by atoms with Crippen LogP contribution in [0.3, 0.4) is 0 Å². The molecule has 1 aliphatic heterocycles. The number of aromatic nitrogens is 2. The van der Waals surface area contributed by atoms with Crippen molar-refractivity contribution < 1.29 is 9.59 Å². The molecule has 3 heterocycles. The minimum atomic E-state index is -0.719. The van der Waals surface area contributed by atoms with E-state index in [-0.39, 0.29) is 55.5 Å². The van der Waals surface area contributed by atoms with E-state index in [1.165, 1.54) is 0 Å². The molecule has 7 nitrogen and oxygen atoms in total. The van der Waals surface area contributed by atoms with Gasteiger partial charge in [0.2, 0.25) is 11.8 Å². The normalized spacial score (nSPS) is 17.1. The van der Waals surface area contributed by atoms with Crippen molar-refractivity contribution in [2.75, 3.05) is 13.1 Å². The Bertz CT molecular complexity index is 744. The summed E-state index contributed by atoms with van der Waals surface area (Å²) < 4.78 is 0. The minimum absolute atomic E-state index is 0. The monoisotopic (exact) mass is 461 g/mol. The number of hydrogen-bond acceptors (Lipinski definition) is 5. The summed E-state index contributed by atoms with van der Waals surface area (Å²) in [5.41, 5.74) is 0.865. The molecule has 160 valence electrons. The maximum absolute atomic E-state index is 12.8. The van der Waals surface area contributed by atoms with Gasteiger partial charge in [0, 0.05) is 25.4 Å². The Hall–Kier alpha value is -1.93. The Morgan fingerprint density at radius 2 is 1.52 bits per heavy atom. The molecule has 0 aromatic carbocycles. The molecule has 0 spiro atoms. The third kappa shape index (κ3) is 7.78. The van der Waals surface area contributed by atoms with Crippen LogP contribution in [0.25, 0.3) is 0 Å². The lowest BCUT2D eigenvalue weighted by atomic mass is 9.82. The van der Waals surface area contributed by atoms with Crippen LogP contribution in [0.4, 0.5) is 0 Å². The topological polar surface area (TPSA) is 96.0 Å². The van der Waals surface area contributed by atoms with Crippen LogP contribution in [0.5, 0.6) is 0 Å². The van der Waals surface area contributed by atoms with Crippen LogP contribution in [0, 0.1) is 5.41 Å². The Morgan fingerprint density at radius 1 is 0.931 bits per heavy atom. The van der Waals surface area contributed by atoms with E-state index in [1.807, 2.05) is 36.4 Å². The van der Waals surface area contributed by atoms with Crippen LogP contribution in [0.2, 0.25) is 0 Å². The molecule has 2 aromatic heterocycles. The van der Waals surface area contributed by atoms with Gasteiger partial charge in [-0.25, -0.2) is 0 Å². The van der Waals surface area contributed by atoms with Gasteiger partial charge in [0.15, 0.2) is 0 Å². The van der Waals surface area contributed by atoms with Crippen LogP contribution in [0.15, 0.2) is 48.8 Å². The van der Waals surface area contributed by atoms with Gasteiger partial charge >= 0.3 is 0 Å². The standard InChI is InChI=1S/C19H23N5O2.3ClH/c25-17(23-12-15-5-1-3-8-21-15)11-19(7-10-20-14-19)18(26)24-13-16-6-2-4-9-22-16;;;/h1-6,8-9,20H,7,10-14H2,(H,23,25)(H,24,26);3*1H. The van der Waals surface area contributed by atoms with Crippen molar-refractivity contribution in [2.45, 2.75) is 25.9 Å². The lowest BCUT2D eigenvalue weighted by Crippen LogP contribution is -2.45. The van der Waals surface area contributed by atoms with Gasteiger partial charge in [-0.3, -0.25) is 19.6 Å². The van der Waals surface area contributed by atoms with Gasteiger partial charge in [0.1, 0.15) is 0 Å². The number of nitrogens with one attached hydrogen (secondary N) is 3. The number of hydrogen-bond donors (Lipinski definition) is 3. The first kappa shape index (κ1) is 27.1. The first-order valence-electron chi connectivity index (χ1n) is 8.73. The Balaban J connectivity index is 0.00000261. The third-order valence-corrected chi connectivity index (χ3v) is 4.57. The summed E-state index contributed by atoms with van der Waals surface area (Å²) in [5, 5.41) is 8.99. The molecule has 2 aromatic rings. The Morgan fingerprint density at radius 3 is 2.00 bits per heavy atom. The quantitative estimate of drug-likeness (QED) is 0.585. The molecule has 1 fully saturated rings. The predicted molar refractivity (Wildman–Crippen MR) is 118 cm³/mol. The molecule has 29 heavy (non-hydrogen) atoms. The first-order chi connectivity index (χ1) is 12.7. The number of pyridine rings is 2. The van der Waals surface area contributed by atoms with E-state index in [0.29, 0.717) is 26.1 Å². The zero-order valence-electron chi connectivity index (χ0n) is 15.8. The highest BCUT2D eigenvalue weighted by atomic mass is 35.5. The predicted octanol–water partition coefficient (Wildman–Crippen LogP) is 2.04. The molecule has 3 N–H and O–H groups in total. The zero-order chi connectivity index (χ0) is 18.2. The van der Waals surface area contributed by atoms with E-state index in [2.05, 4.69) is 25.9 Å². The van der Waals surface area contributed by atoms with Gasteiger partial charge in [0.05, 0.1) is 29.9 Å². The van der Waals surface area contributed by atoms with Crippen LogP contribution < -0.4 is 16.0 Å². The molecule has 0 radical (unpaired) electrons. The molecule has 1 atom stereocenters. The Labute approximate surface area is 189 Å². The van der Waals surface area contributed by atoms with Gasteiger partial charge in [-0.15, -0.1) is 37.2 Å². The number of rotatable bonds is 7. The van der Waals surface area contributed by atoms with Crippen molar-refractivity contribution in [2.24, 2.45) is 5.41 Å². The molecule has 1 saturated heterocycles. The van der Waals surface area contributed by atoms with Crippen molar-refractivity contribution in [1.29, 1.82) is 0 Å². The smallest absolute Gasteiger partial charge is 0.228 e. The van der Waals surface area contributed by atoms with E-state index in [0.717, 1.165) is 17.9 Å². The highest BCUT2D eigenvalue weighted by Gasteiger charge is 2.42. The summed E-state index contributed by atoms with van der Waals surface area (Å²) in [5.74, 6) is -0.256. The molecule has 10 heteroatoms. The second-order valence-corrected chi connectivity index (χ2v) is 6.49. The molecule has 1 unspecified atom stereocenters. The summed E-state index contributed by atoms with van der Waals surface area (Å²) in [4.78, 5) is 33.6. The Kier molecular flexibility index (Phi) is 12.4. The van der Waals surface area contributed by atoms with Crippen LogP contribution in [0.1, 0.15) is 24.2 Å². The van der Waals surface area contributed by atoms with Gasteiger partial charge in [-0.2, -0.15) is 0 Å². The molecule has 0 saturated carbocycles. The summed E-state index contributed by atoms with van der Waals surface area (Å²) in [6.45, 7) is 1.94. The average Bonchev–Trinajstić information content (AvgIpc) is 3.16. The lowest BCUT2D eigenvalue weighted by Gasteiger charge is -2.26. The number of carbonyl (C=O) groups is 2. The maximum Gasteiger partial charge on any atom is 0.228 e. The summed E-state index contributed by atoms with van der Waals surface area (Å²) >= 11 is 0. The molecule has 3 rings (SSSR count). The fourth-order valence-electron chi connectivity index (χ4n) is 3.09. The minimum Gasteiger partial charge on any atom is -0.350 e. The van der Waals surface area contributed by atoms with Crippen molar-refractivity contribution >= 4 is 49.0 Å². The average molecular weight is 463 g/mol. The number of carbonyl (C=O) groups excluding carboxylic acids is 2. The second-order valence-electron chi connectivity index (χ2n) is 6.49. The van der Waals surface area contributed by atoms with Gasteiger partial charge in [-0.05, 0) is 37.2 Å². The van der Waals surface area contributed by atoms with Crippen molar-refractivity contribution in [1.82, 2.24) is 25.9 Å². The second kappa shape index (κ2) is 13.3. The SMILES string of the molecule is Cl.Cl.Cl.O=C(CC1(C(=O)NCc2ccccn2)CCNC1)NCc1ccccn1. The van der Waals surface area contributed by atoms with Crippen LogP contribution >= 0.6 is 37.2 Å². The van der Waals surface area contributed by atoms with Gasteiger partial charge in [0.25, 0.3) is 0 Å². The zero-order valence-corrected chi connectivity index (χ0v) is 18.2. The third-order valence-electron chi connectivity index (χ3n) is 4.57. The molecular weight excluding hydrogens is 437 g/mol.